The molecule has 214 valence electrons. The van der Waals surface area contributed by atoms with E-state index in [0.29, 0.717) is 39.7 Å². The highest BCUT2D eigenvalue weighted by Gasteiger charge is 2.27. The quantitative estimate of drug-likeness (QED) is 0.283. The first kappa shape index (κ1) is 26.9. The maximum atomic E-state index is 14.0. The molecule has 5 aromatic rings. The fourth-order valence-corrected chi connectivity index (χ4v) is 6.36. The van der Waals surface area contributed by atoms with Gasteiger partial charge in [-0.3, -0.25) is 14.3 Å². The minimum absolute atomic E-state index is 0.234. The Morgan fingerprint density at radius 1 is 1.07 bits per heavy atom. The van der Waals surface area contributed by atoms with Gasteiger partial charge in [-0.15, -0.1) is 0 Å². The molecule has 43 heavy (non-hydrogen) atoms. The molecule has 2 fully saturated rings. The molecule has 1 saturated carbocycles. The van der Waals surface area contributed by atoms with E-state index in [2.05, 4.69) is 40.0 Å². The van der Waals surface area contributed by atoms with E-state index >= 15 is 0 Å². The first-order valence-electron chi connectivity index (χ1n) is 14.9. The average Bonchev–Trinajstić information content (AvgIpc) is 3.65. The number of hydrogen-bond acceptors (Lipinski definition) is 6. The predicted octanol–water partition coefficient (Wildman–Crippen LogP) is 5.63. The summed E-state index contributed by atoms with van der Waals surface area (Å²) in [4.78, 5) is 29.3. The molecule has 2 aliphatic rings. The maximum absolute atomic E-state index is 14.0. The Kier molecular flexibility index (Phi) is 6.68. The zero-order chi connectivity index (χ0) is 29.7. The number of nitrogens with zero attached hydrogens (tertiary/aromatic N) is 7. The minimum atomic E-state index is -0.234. The number of hydrogen-bond donors (Lipinski definition) is 1. The number of likely N-dealkylation sites (tertiary alicyclic amines) is 1. The van der Waals surface area contributed by atoms with Gasteiger partial charge in [-0.05, 0) is 79.6 Å². The number of nitrogens with one attached hydrogen (secondary N) is 1. The molecular weight excluding hydrogens is 536 g/mol. The SMILES string of the molecule is C[C@H]1CCCN(Cc2cc3c(C#N)cn(-c4cc(-c5ccc(C#N)cc5-c5nccn5C)cc(C5CC5)n4)c(=O)c3[nH]2)C1. The first-order valence-corrected chi connectivity index (χ1v) is 14.9. The van der Waals surface area contributed by atoms with Crippen molar-refractivity contribution < 1.29 is 0 Å². The van der Waals surface area contributed by atoms with Gasteiger partial charge in [0.1, 0.15) is 23.2 Å². The molecule has 1 aliphatic carbocycles. The van der Waals surface area contributed by atoms with Crippen molar-refractivity contribution in [2.45, 2.75) is 45.1 Å². The second kappa shape index (κ2) is 10.7. The molecule has 7 rings (SSSR count). The highest BCUT2D eigenvalue weighted by Crippen LogP contribution is 2.42. The summed E-state index contributed by atoms with van der Waals surface area (Å²) in [7, 11) is 1.92. The number of fused-ring (bicyclic) bond motifs is 1. The highest BCUT2D eigenvalue weighted by atomic mass is 16.1. The zero-order valence-corrected chi connectivity index (χ0v) is 24.3. The van der Waals surface area contributed by atoms with Crippen molar-refractivity contribution in [2.75, 3.05) is 13.1 Å². The monoisotopic (exact) mass is 568 g/mol. The lowest BCUT2D eigenvalue weighted by Crippen LogP contribution is -2.33. The molecule has 0 amide bonds. The third kappa shape index (κ3) is 5.03. The molecule has 9 heteroatoms. The van der Waals surface area contributed by atoms with Gasteiger partial charge in [0.25, 0.3) is 5.56 Å². The average molecular weight is 569 g/mol. The van der Waals surface area contributed by atoms with Crippen molar-refractivity contribution >= 4 is 10.9 Å². The summed E-state index contributed by atoms with van der Waals surface area (Å²) >= 11 is 0. The number of benzene rings is 1. The fraction of sp³-hybridized carbons (Fsp3) is 0.324. The van der Waals surface area contributed by atoms with Gasteiger partial charge in [-0.2, -0.15) is 10.5 Å². The van der Waals surface area contributed by atoms with Gasteiger partial charge < -0.3 is 9.55 Å². The van der Waals surface area contributed by atoms with Crippen LogP contribution in [-0.2, 0) is 13.6 Å². The van der Waals surface area contributed by atoms with E-state index in [9.17, 15) is 15.3 Å². The van der Waals surface area contributed by atoms with Gasteiger partial charge in [-0.1, -0.05) is 13.0 Å². The molecular formula is C34H32N8O. The number of nitriles is 2. The normalized spacial score (nSPS) is 17.2. The van der Waals surface area contributed by atoms with Crippen LogP contribution in [0.4, 0.5) is 0 Å². The lowest BCUT2D eigenvalue weighted by molar-refractivity contribution is 0.175. The Balaban J connectivity index is 1.37. The molecule has 1 atom stereocenters. The lowest BCUT2D eigenvalue weighted by atomic mass is 9.96. The molecule has 0 bridgehead atoms. The number of H-pyrrole nitrogens is 1. The lowest BCUT2D eigenvalue weighted by Gasteiger charge is -2.30. The van der Waals surface area contributed by atoms with E-state index in [1.807, 2.05) is 42.1 Å². The zero-order valence-electron chi connectivity index (χ0n) is 24.3. The van der Waals surface area contributed by atoms with Crippen LogP contribution in [0.15, 0.2) is 59.8 Å². The van der Waals surface area contributed by atoms with E-state index in [-0.39, 0.29) is 5.56 Å². The number of imidazole rings is 1. The Hall–Kier alpha value is -4.99. The third-order valence-corrected chi connectivity index (χ3v) is 8.71. The molecule has 0 radical (unpaired) electrons. The van der Waals surface area contributed by atoms with E-state index in [0.717, 1.165) is 66.4 Å². The molecule has 0 unspecified atom stereocenters. The van der Waals surface area contributed by atoms with Crippen molar-refractivity contribution in [1.82, 2.24) is 29.0 Å². The number of piperidine rings is 1. The molecule has 0 spiro atoms. The van der Waals surface area contributed by atoms with Crippen molar-refractivity contribution in [2.24, 2.45) is 13.0 Å². The summed E-state index contributed by atoms with van der Waals surface area (Å²) < 4.78 is 3.43. The standard InChI is InChI=1S/C34H32N8O/c1-21-4-3-10-41(18-21)20-26-15-28-25(17-36)19-42(34(43)32(28)38-26)31-14-24(13-30(39-31)23-6-7-23)27-8-5-22(16-35)12-29(27)33-37-9-11-40(33)2/h5,8-9,11-15,19,21,23,38H,3-4,6-7,10,18,20H2,1-2H3/t21-/m0/s1. The molecule has 1 aliphatic heterocycles. The van der Waals surface area contributed by atoms with Crippen molar-refractivity contribution in [1.29, 1.82) is 10.5 Å². The summed E-state index contributed by atoms with van der Waals surface area (Å²) in [5.41, 5.74) is 5.61. The number of aromatic nitrogens is 5. The maximum Gasteiger partial charge on any atom is 0.280 e. The van der Waals surface area contributed by atoms with Gasteiger partial charge in [0.15, 0.2) is 0 Å². The summed E-state index contributed by atoms with van der Waals surface area (Å²) in [6.45, 7) is 5.06. The van der Waals surface area contributed by atoms with Crippen LogP contribution in [-0.4, -0.2) is 42.1 Å². The van der Waals surface area contributed by atoms with E-state index in [1.54, 1.807) is 18.5 Å². The predicted molar refractivity (Wildman–Crippen MR) is 164 cm³/mol. The number of aryl methyl sites for hydroxylation is 1. The van der Waals surface area contributed by atoms with Crippen LogP contribution in [0.1, 0.15) is 61.0 Å². The number of rotatable bonds is 6. The minimum Gasteiger partial charge on any atom is -0.353 e. The fourth-order valence-electron chi connectivity index (χ4n) is 6.36. The van der Waals surface area contributed by atoms with Gasteiger partial charge in [-0.25, -0.2) is 9.97 Å². The molecule has 1 aromatic carbocycles. The third-order valence-electron chi connectivity index (χ3n) is 8.71. The molecule has 1 saturated heterocycles. The van der Waals surface area contributed by atoms with E-state index in [1.165, 1.54) is 17.4 Å². The van der Waals surface area contributed by atoms with Crippen LogP contribution in [0.5, 0.6) is 0 Å². The smallest absolute Gasteiger partial charge is 0.280 e. The van der Waals surface area contributed by atoms with Gasteiger partial charge in [0, 0.05) is 67.0 Å². The summed E-state index contributed by atoms with van der Waals surface area (Å²) in [5, 5.41) is 20.4. The van der Waals surface area contributed by atoms with Crippen LogP contribution in [0.2, 0.25) is 0 Å². The topological polar surface area (TPSA) is 119 Å². The van der Waals surface area contributed by atoms with Gasteiger partial charge in [0.2, 0.25) is 0 Å². The van der Waals surface area contributed by atoms with Crippen molar-refractivity contribution in [3.8, 4) is 40.5 Å². The highest BCUT2D eigenvalue weighted by molar-refractivity contribution is 5.86. The summed E-state index contributed by atoms with van der Waals surface area (Å²) in [6, 6.07) is 16.1. The molecule has 9 nitrogen and oxygen atoms in total. The summed E-state index contributed by atoms with van der Waals surface area (Å²) in [6.07, 6.45) is 9.73. The van der Waals surface area contributed by atoms with Crippen LogP contribution in [0.25, 0.3) is 39.2 Å². The Morgan fingerprint density at radius 2 is 1.93 bits per heavy atom. The van der Waals surface area contributed by atoms with Crippen LogP contribution in [0, 0.1) is 28.6 Å². The second-order valence-electron chi connectivity index (χ2n) is 12.0. The second-order valence-corrected chi connectivity index (χ2v) is 12.0. The molecule has 5 heterocycles. The molecule has 4 aromatic heterocycles. The van der Waals surface area contributed by atoms with E-state index < -0.39 is 0 Å². The van der Waals surface area contributed by atoms with Crippen LogP contribution in [0.3, 0.4) is 0 Å². The van der Waals surface area contributed by atoms with Crippen LogP contribution >= 0.6 is 0 Å². The van der Waals surface area contributed by atoms with Crippen molar-refractivity contribution in [3.05, 3.63) is 87.9 Å². The molecule has 1 N–H and O–H groups in total. The van der Waals surface area contributed by atoms with E-state index in [4.69, 9.17) is 4.98 Å². The largest absolute Gasteiger partial charge is 0.353 e. The number of pyridine rings is 2. The Bertz CT molecular complexity index is 2010. The first-order chi connectivity index (χ1) is 20.9. The number of aromatic amines is 1. The van der Waals surface area contributed by atoms with Gasteiger partial charge in [0.05, 0.1) is 17.2 Å². The Morgan fingerprint density at radius 3 is 2.65 bits per heavy atom. The summed E-state index contributed by atoms with van der Waals surface area (Å²) in [5.74, 6) is 2.19. The van der Waals surface area contributed by atoms with Crippen molar-refractivity contribution in [3.63, 3.8) is 0 Å². The van der Waals surface area contributed by atoms with Crippen LogP contribution < -0.4 is 5.56 Å². The van der Waals surface area contributed by atoms with Gasteiger partial charge >= 0.3 is 0 Å². The Labute approximate surface area is 249 Å².